The lowest BCUT2D eigenvalue weighted by Gasteiger charge is -2.13. The van der Waals surface area contributed by atoms with Crippen LogP contribution in [0.5, 0.6) is 0 Å². The zero-order valence-corrected chi connectivity index (χ0v) is 11.7. The van der Waals surface area contributed by atoms with Crippen molar-refractivity contribution in [1.82, 2.24) is 5.43 Å². The summed E-state index contributed by atoms with van der Waals surface area (Å²) in [6.07, 6.45) is 0.420. The molecule has 110 valence electrons. The lowest BCUT2D eigenvalue weighted by molar-refractivity contribution is -0.384. The third kappa shape index (κ3) is 3.34. The molecule has 0 aromatic heterocycles. The number of anilines is 1. The van der Waals surface area contributed by atoms with Gasteiger partial charge in [-0.3, -0.25) is 19.7 Å². The van der Waals surface area contributed by atoms with Gasteiger partial charge in [-0.1, -0.05) is 11.6 Å². The standard InChI is InChI=1S/C12H11ClN4O4/c1-6-4-10(17(20)21)7(13)5-9(6)14-12(19)8-2-3-11(18)16-15-8/h4-5H,2-3H2,1H3,(H,14,19)(H,16,18). The third-order valence-electron chi connectivity index (χ3n) is 2.91. The van der Waals surface area contributed by atoms with Gasteiger partial charge in [-0.25, -0.2) is 5.43 Å². The number of benzene rings is 1. The fourth-order valence-electron chi connectivity index (χ4n) is 1.77. The van der Waals surface area contributed by atoms with Crippen LogP contribution in [0.1, 0.15) is 18.4 Å². The van der Waals surface area contributed by atoms with Crippen molar-refractivity contribution in [3.63, 3.8) is 0 Å². The van der Waals surface area contributed by atoms with Crippen LogP contribution in [-0.2, 0) is 9.59 Å². The highest BCUT2D eigenvalue weighted by Crippen LogP contribution is 2.30. The molecule has 2 rings (SSSR count). The van der Waals surface area contributed by atoms with Crippen molar-refractivity contribution in [3.05, 3.63) is 32.8 Å². The molecule has 2 N–H and O–H groups in total. The van der Waals surface area contributed by atoms with Crippen molar-refractivity contribution in [1.29, 1.82) is 0 Å². The summed E-state index contributed by atoms with van der Waals surface area (Å²) in [5.41, 5.74) is 3.03. The van der Waals surface area contributed by atoms with Gasteiger partial charge >= 0.3 is 0 Å². The molecule has 0 saturated heterocycles. The number of hydrogen-bond donors (Lipinski definition) is 2. The summed E-state index contributed by atoms with van der Waals surface area (Å²) < 4.78 is 0. The van der Waals surface area contributed by atoms with E-state index in [9.17, 15) is 19.7 Å². The Morgan fingerprint density at radius 2 is 2.19 bits per heavy atom. The van der Waals surface area contributed by atoms with Gasteiger partial charge in [-0.05, 0) is 18.6 Å². The number of rotatable bonds is 3. The number of nitro groups is 1. The largest absolute Gasteiger partial charge is 0.321 e. The van der Waals surface area contributed by atoms with Crippen molar-refractivity contribution < 1.29 is 14.5 Å². The number of carbonyl (C=O) groups is 2. The van der Waals surface area contributed by atoms with Crippen molar-refractivity contribution in [2.75, 3.05) is 5.32 Å². The van der Waals surface area contributed by atoms with Crippen molar-refractivity contribution in [2.45, 2.75) is 19.8 Å². The SMILES string of the molecule is Cc1cc([N+](=O)[O-])c(Cl)cc1NC(=O)C1=NNC(=O)CC1. The topological polar surface area (TPSA) is 114 Å². The summed E-state index contributed by atoms with van der Waals surface area (Å²) in [5, 5.41) is 16.9. The molecule has 1 aromatic rings. The smallest absolute Gasteiger partial charge is 0.288 e. The van der Waals surface area contributed by atoms with E-state index in [1.807, 2.05) is 0 Å². The number of nitrogens with one attached hydrogen (secondary N) is 2. The predicted molar refractivity (Wildman–Crippen MR) is 76.3 cm³/mol. The number of halogens is 1. The molecule has 1 aliphatic rings. The summed E-state index contributed by atoms with van der Waals surface area (Å²) in [5.74, 6) is -0.732. The second-order valence-corrected chi connectivity index (χ2v) is 4.83. The van der Waals surface area contributed by atoms with E-state index in [0.29, 0.717) is 11.3 Å². The molecule has 0 atom stereocenters. The molecule has 8 nitrogen and oxygen atoms in total. The van der Waals surface area contributed by atoms with E-state index in [1.54, 1.807) is 6.92 Å². The van der Waals surface area contributed by atoms with Crippen molar-refractivity contribution in [2.24, 2.45) is 5.10 Å². The molecule has 21 heavy (non-hydrogen) atoms. The van der Waals surface area contributed by atoms with Gasteiger partial charge in [0.15, 0.2) is 0 Å². The number of hydrogen-bond acceptors (Lipinski definition) is 5. The minimum Gasteiger partial charge on any atom is -0.321 e. The van der Waals surface area contributed by atoms with Gasteiger partial charge in [0.2, 0.25) is 5.91 Å². The quantitative estimate of drug-likeness (QED) is 0.654. The normalized spacial score (nSPS) is 14.2. The molecule has 2 amide bonds. The Balaban J connectivity index is 2.20. The van der Waals surface area contributed by atoms with E-state index in [4.69, 9.17) is 11.6 Å². The molecule has 1 aromatic carbocycles. The number of aryl methyl sites for hydroxylation is 1. The molecule has 0 bridgehead atoms. The predicted octanol–water partition coefficient (Wildman–Crippen LogP) is 1.76. The number of carbonyl (C=O) groups excluding carboxylic acids is 2. The molecule has 0 spiro atoms. The number of hydrazone groups is 1. The highest BCUT2D eigenvalue weighted by molar-refractivity contribution is 6.43. The highest BCUT2D eigenvalue weighted by Gasteiger charge is 2.20. The van der Waals surface area contributed by atoms with Crippen LogP contribution < -0.4 is 10.7 Å². The second-order valence-electron chi connectivity index (χ2n) is 4.42. The Morgan fingerprint density at radius 3 is 2.76 bits per heavy atom. The first-order valence-electron chi connectivity index (χ1n) is 6.00. The van der Waals surface area contributed by atoms with E-state index in [2.05, 4.69) is 15.8 Å². The van der Waals surface area contributed by atoms with E-state index in [-0.39, 0.29) is 35.2 Å². The van der Waals surface area contributed by atoms with Crippen molar-refractivity contribution in [3.8, 4) is 0 Å². The van der Waals surface area contributed by atoms with Crippen molar-refractivity contribution >= 4 is 40.5 Å². The molecule has 0 fully saturated rings. The lowest BCUT2D eigenvalue weighted by atomic mass is 10.1. The van der Waals surface area contributed by atoms with Gasteiger partial charge in [-0.2, -0.15) is 5.10 Å². The summed E-state index contributed by atoms with van der Waals surface area (Å²) in [7, 11) is 0. The second kappa shape index (κ2) is 5.88. The molecule has 0 saturated carbocycles. The molecular weight excluding hydrogens is 300 g/mol. The Bertz CT molecular complexity index is 671. The Kier molecular flexibility index (Phi) is 4.18. The van der Waals surface area contributed by atoms with Crippen LogP contribution in [0.4, 0.5) is 11.4 Å². The van der Waals surface area contributed by atoms with E-state index < -0.39 is 10.8 Å². The van der Waals surface area contributed by atoms with Crippen LogP contribution in [0.25, 0.3) is 0 Å². The molecule has 0 aliphatic carbocycles. The average molecular weight is 311 g/mol. The molecule has 9 heteroatoms. The van der Waals surface area contributed by atoms with Gasteiger partial charge in [0.1, 0.15) is 10.7 Å². The number of nitro benzene ring substituents is 1. The maximum atomic E-state index is 12.0. The highest BCUT2D eigenvalue weighted by atomic mass is 35.5. The van der Waals surface area contributed by atoms with Gasteiger partial charge in [-0.15, -0.1) is 0 Å². The van der Waals surface area contributed by atoms with Crippen LogP contribution in [0.15, 0.2) is 17.2 Å². The lowest BCUT2D eigenvalue weighted by Crippen LogP contribution is -2.32. The van der Waals surface area contributed by atoms with Crippen LogP contribution in [-0.4, -0.2) is 22.4 Å². The fourth-order valence-corrected chi connectivity index (χ4v) is 2.01. The monoisotopic (exact) mass is 310 g/mol. The first-order chi connectivity index (χ1) is 9.88. The Labute approximate surface area is 124 Å². The maximum Gasteiger partial charge on any atom is 0.288 e. The van der Waals surface area contributed by atoms with Gasteiger partial charge in [0.25, 0.3) is 11.6 Å². The zero-order chi connectivity index (χ0) is 15.6. The van der Waals surface area contributed by atoms with Crippen LogP contribution >= 0.6 is 11.6 Å². The number of amides is 2. The van der Waals surface area contributed by atoms with E-state index in [1.165, 1.54) is 12.1 Å². The van der Waals surface area contributed by atoms with Crippen LogP contribution in [0.2, 0.25) is 5.02 Å². The maximum absolute atomic E-state index is 12.0. The van der Waals surface area contributed by atoms with Gasteiger partial charge in [0.05, 0.1) is 4.92 Å². The van der Waals surface area contributed by atoms with Crippen LogP contribution in [0.3, 0.4) is 0 Å². The van der Waals surface area contributed by atoms with Crippen LogP contribution in [0, 0.1) is 17.0 Å². The molecular formula is C12H11ClN4O4. The molecule has 0 radical (unpaired) electrons. The molecule has 1 heterocycles. The summed E-state index contributed by atoms with van der Waals surface area (Å²) >= 11 is 5.80. The minimum atomic E-state index is -0.596. The van der Waals surface area contributed by atoms with Gasteiger partial charge in [0, 0.05) is 24.6 Å². The third-order valence-corrected chi connectivity index (χ3v) is 3.21. The first kappa shape index (κ1) is 14.9. The summed E-state index contributed by atoms with van der Waals surface area (Å²) in [6, 6.07) is 2.59. The van der Waals surface area contributed by atoms with Gasteiger partial charge < -0.3 is 5.32 Å². The average Bonchev–Trinajstić information content (AvgIpc) is 2.42. The summed E-state index contributed by atoms with van der Waals surface area (Å²) in [4.78, 5) is 33.1. The minimum absolute atomic E-state index is 0.0696. The molecule has 1 aliphatic heterocycles. The van der Waals surface area contributed by atoms with E-state index >= 15 is 0 Å². The fraction of sp³-hybridized carbons (Fsp3) is 0.250. The summed E-state index contributed by atoms with van der Waals surface area (Å²) in [6.45, 7) is 1.61. The first-order valence-corrected chi connectivity index (χ1v) is 6.37. The Morgan fingerprint density at radius 1 is 1.48 bits per heavy atom. The van der Waals surface area contributed by atoms with E-state index in [0.717, 1.165) is 0 Å². The number of nitrogens with zero attached hydrogens (tertiary/aromatic N) is 2. The zero-order valence-electron chi connectivity index (χ0n) is 11.0. The molecule has 0 unspecified atom stereocenters. The Hall–Kier alpha value is -2.48.